The second-order valence-electron chi connectivity index (χ2n) is 9.21. The molecule has 3 aromatic carbocycles. The standard InChI is InChI=1S/C28H21N3O6/c1-37-20-11-9-17(10-12-20)26(32)25-23-22(24-21-8-3-2-5-16(21)13-14-29(24)25)27(33)30(28(23)34)18-6-4-7-19(15-18)31(35)36/h2-15,22-25H,1H3/t22-,23-,24+,25+/m0/s1. The summed E-state index contributed by atoms with van der Waals surface area (Å²) in [6, 6.07) is 18.2. The van der Waals surface area contributed by atoms with Crippen LogP contribution in [0.5, 0.6) is 5.75 Å². The van der Waals surface area contributed by atoms with Crippen LogP contribution < -0.4 is 9.64 Å². The number of nitro groups is 1. The van der Waals surface area contributed by atoms with Crippen LogP contribution in [0.25, 0.3) is 6.08 Å². The van der Waals surface area contributed by atoms with E-state index in [0.717, 1.165) is 16.0 Å². The summed E-state index contributed by atoms with van der Waals surface area (Å²) >= 11 is 0. The summed E-state index contributed by atoms with van der Waals surface area (Å²) in [5.41, 5.74) is 2.06. The Morgan fingerprint density at radius 1 is 0.946 bits per heavy atom. The molecule has 184 valence electrons. The normalized spacial score (nSPS) is 23.5. The summed E-state index contributed by atoms with van der Waals surface area (Å²) in [5, 5.41) is 11.3. The highest BCUT2D eigenvalue weighted by atomic mass is 16.6. The van der Waals surface area contributed by atoms with Gasteiger partial charge in [0.1, 0.15) is 11.8 Å². The van der Waals surface area contributed by atoms with Crippen molar-refractivity contribution in [3.63, 3.8) is 0 Å². The molecule has 2 amide bonds. The fourth-order valence-electron chi connectivity index (χ4n) is 5.78. The Morgan fingerprint density at radius 2 is 1.68 bits per heavy atom. The molecular formula is C28H21N3O6. The topological polar surface area (TPSA) is 110 Å². The zero-order valence-electron chi connectivity index (χ0n) is 19.7. The predicted octanol–water partition coefficient (Wildman–Crippen LogP) is 4.00. The molecule has 0 saturated carbocycles. The van der Waals surface area contributed by atoms with Crippen molar-refractivity contribution in [1.29, 1.82) is 0 Å². The highest BCUT2D eigenvalue weighted by Gasteiger charge is 2.64. The van der Waals surface area contributed by atoms with E-state index in [1.807, 2.05) is 35.2 Å². The molecule has 0 N–H and O–H groups in total. The number of ether oxygens (including phenoxy) is 1. The first kappa shape index (κ1) is 22.7. The number of benzene rings is 3. The summed E-state index contributed by atoms with van der Waals surface area (Å²) in [6.45, 7) is 0. The number of methoxy groups -OCH3 is 1. The van der Waals surface area contributed by atoms with Gasteiger partial charge in [-0.15, -0.1) is 0 Å². The number of carbonyl (C=O) groups is 3. The summed E-state index contributed by atoms with van der Waals surface area (Å²) in [7, 11) is 1.53. The average Bonchev–Trinajstić information content (AvgIpc) is 3.40. The van der Waals surface area contributed by atoms with E-state index >= 15 is 0 Å². The minimum absolute atomic E-state index is 0.125. The fourth-order valence-corrected chi connectivity index (χ4v) is 5.78. The zero-order valence-corrected chi connectivity index (χ0v) is 19.7. The van der Waals surface area contributed by atoms with Crippen molar-refractivity contribution in [1.82, 2.24) is 4.90 Å². The lowest BCUT2D eigenvalue weighted by Crippen LogP contribution is -2.44. The lowest BCUT2D eigenvalue weighted by atomic mass is 9.83. The Labute approximate surface area is 211 Å². The summed E-state index contributed by atoms with van der Waals surface area (Å²) in [5.74, 6) is -2.49. The maximum absolute atomic E-state index is 13.9. The van der Waals surface area contributed by atoms with Gasteiger partial charge in [0.05, 0.1) is 35.6 Å². The number of carbonyl (C=O) groups excluding carboxylic acids is 3. The maximum Gasteiger partial charge on any atom is 0.271 e. The van der Waals surface area contributed by atoms with Crippen LogP contribution in [0.15, 0.2) is 79.0 Å². The Morgan fingerprint density at radius 3 is 2.41 bits per heavy atom. The molecule has 2 saturated heterocycles. The van der Waals surface area contributed by atoms with Gasteiger partial charge < -0.3 is 9.64 Å². The van der Waals surface area contributed by atoms with Crippen LogP contribution in [0.4, 0.5) is 11.4 Å². The second-order valence-corrected chi connectivity index (χ2v) is 9.21. The van der Waals surface area contributed by atoms with Gasteiger partial charge in [-0.3, -0.25) is 24.5 Å². The number of non-ortho nitro benzene ring substituents is 1. The van der Waals surface area contributed by atoms with Crippen molar-refractivity contribution >= 4 is 35.0 Å². The molecule has 0 aliphatic carbocycles. The number of fused-ring (bicyclic) bond motifs is 5. The van der Waals surface area contributed by atoms with Crippen LogP contribution in [-0.2, 0) is 9.59 Å². The Kier molecular flexibility index (Phi) is 5.15. The first-order valence-electron chi connectivity index (χ1n) is 11.8. The van der Waals surface area contributed by atoms with Crippen LogP contribution in [-0.4, -0.2) is 40.6 Å². The molecule has 37 heavy (non-hydrogen) atoms. The molecule has 0 bridgehead atoms. The SMILES string of the molecule is COc1ccc(C(=O)[C@H]2[C@H]3C(=O)N(c4cccc([N+](=O)[O-])c4)C(=O)[C@@H]3[C@H]3c4ccccc4C=CN32)cc1. The molecule has 6 rings (SSSR count). The smallest absolute Gasteiger partial charge is 0.271 e. The number of nitro benzene ring substituents is 1. The molecular weight excluding hydrogens is 474 g/mol. The van der Waals surface area contributed by atoms with Crippen molar-refractivity contribution in [3.05, 3.63) is 106 Å². The van der Waals surface area contributed by atoms with Crippen molar-refractivity contribution < 1.29 is 24.0 Å². The minimum Gasteiger partial charge on any atom is -0.497 e. The molecule has 0 spiro atoms. The number of nitrogens with zero attached hydrogens (tertiary/aromatic N) is 3. The predicted molar refractivity (Wildman–Crippen MR) is 134 cm³/mol. The molecule has 0 radical (unpaired) electrons. The third-order valence-corrected chi connectivity index (χ3v) is 7.40. The molecule has 2 fully saturated rings. The molecule has 4 atom stereocenters. The molecule has 3 aliphatic heterocycles. The third kappa shape index (κ3) is 3.35. The number of amides is 2. The molecule has 9 nitrogen and oxygen atoms in total. The quantitative estimate of drug-likeness (QED) is 0.228. The summed E-state index contributed by atoms with van der Waals surface area (Å²) < 4.78 is 5.20. The summed E-state index contributed by atoms with van der Waals surface area (Å²) in [4.78, 5) is 55.3. The second kappa shape index (κ2) is 8.41. The van der Waals surface area contributed by atoms with E-state index in [9.17, 15) is 24.5 Å². The van der Waals surface area contributed by atoms with Gasteiger partial charge in [0.2, 0.25) is 11.8 Å². The van der Waals surface area contributed by atoms with Gasteiger partial charge in [0.15, 0.2) is 5.78 Å². The van der Waals surface area contributed by atoms with Crippen molar-refractivity contribution in [2.75, 3.05) is 12.0 Å². The highest BCUT2D eigenvalue weighted by molar-refractivity contribution is 6.24. The number of hydrogen-bond donors (Lipinski definition) is 0. The largest absolute Gasteiger partial charge is 0.497 e. The van der Waals surface area contributed by atoms with Gasteiger partial charge in [-0.2, -0.15) is 0 Å². The Hall–Kier alpha value is -4.79. The monoisotopic (exact) mass is 495 g/mol. The molecule has 3 aliphatic rings. The van der Waals surface area contributed by atoms with Crippen LogP contribution in [0.1, 0.15) is 27.5 Å². The number of Topliss-reactive ketones (excluding diaryl/α,β-unsaturated/α-hetero) is 1. The number of ketones is 1. The highest BCUT2D eigenvalue weighted by Crippen LogP contribution is 2.53. The molecule has 9 heteroatoms. The first-order valence-corrected chi connectivity index (χ1v) is 11.8. The van der Waals surface area contributed by atoms with E-state index in [1.54, 1.807) is 30.5 Å². The third-order valence-electron chi connectivity index (χ3n) is 7.40. The van der Waals surface area contributed by atoms with E-state index in [4.69, 9.17) is 4.74 Å². The van der Waals surface area contributed by atoms with E-state index < -0.39 is 40.7 Å². The van der Waals surface area contributed by atoms with Gasteiger partial charge >= 0.3 is 0 Å². The Balaban J connectivity index is 1.47. The van der Waals surface area contributed by atoms with Crippen LogP contribution in [0, 0.1) is 22.0 Å². The van der Waals surface area contributed by atoms with Gasteiger partial charge in [0, 0.05) is 23.9 Å². The minimum atomic E-state index is -0.956. The van der Waals surface area contributed by atoms with Crippen LogP contribution >= 0.6 is 0 Å². The van der Waals surface area contributed by atoms with Crippen molar-refractivity contribution in [2.45, 2.75) is 12.1 Å². The number of imide groups is 1. The number of hydrogen-bond acceptors (Lipinski definition) is 7. The van der Waals surface area contributed by atoms with E-state index in [-0.39, 0.29) is 17.2 Å². The Bertz CT molecular complexity index is 1500. The lowest BCUT2D eigenvalue weighted by molar-refractivity contribution is -0.384. The fraction of sp³-hybridized carbons (Fsp3) is 0.179. The lowest BCUT2D eigenvalue weighted by Gasteiger charge is -2.35. The van der Waals surface area contributed by atoms with Crippen LogP contribution in [0.3, 0.4) is 0 Å². The molecule has 0 aromatic heterocycles. The van der Waals surface area contributed by atoms with E-state index in [2.05, 4.69) is 0 Å². The average molecular weight is 495 g/mol. The maximum atomic E-state index is 13.9. The van der Waals surface area contributed by atoms with Gasteiger partial charge in [-0.05, 0) is 47.5 Å². The number of rotatable bonds is 5. The van der Waals surface area contributed by atoms with Gasteiger partial charge in [-0.25, -0.2) is 4.90 Å². The van der Waals surface area contributed by atoms with E-state index in [0.29, 0.717) is 11.3 Å². The first-order chi connectivity index (χ1) is 17.9. The van der Waals surface area contributed by atoms with Gasteiger partial charge in [0.25, 0.3) is 5.69 Å². The summed E-state index contributed by atoms with van der Waals surface area (Å²) in [6.07, 6.45) is 3.67. The van der Waals surface area contributed by atoms with Crippen LogP contribution in [0.2, 0.25) is 0 Å². The number of anilines is 1. The van der Waals surface area contributed by atoms with Gasteiger partial charge in [-0.1, -0.05) is 30.3 Å². The van der Waals surface area contributed by atoms with E-state index in [1.165, 1.54) is 31.4 Å². The molecule has 3 aromatic rings. The zero-order chi connectivity index (χ0) is 25.8. The van der Waals surface area contributed by atoms with Crippen molar-refractivity contribution in [3.8, 4) is 5.75 Å². The molecule has 0 unspecified atom stereocenters. The molecule has 3 heterocycles. The van der Waals surface area contributed by atoms with Crippen molar-refractivity contribution in [2.24, 2.45) is 11.8 Å².